The van der Waals surface area contributed by atoms with E-state index in [9.17, 15) is 4.79 Å². The van der Waals surface area contributed by atoms with Crippen molar-refractivity contribution >= 4 is 33.9 Å². The number of hydrogen-bond acceptors (Lipinski definition) is 7. The first-order chi connectivity index (χ1) is 16.6. The highest BCUT2D eigenvalue weighted by atomic mass is 32.1. The smallest absolute Gasteiger partial charge is 0.247 e. The van der Waals surface area contributed by atoms with Crippen molar-refractivity contribution in [3.05, 3.63) is 65.7 Å². The zero-order valence-corrected chi connectivity index (χ0v) is 20.3. The fraction of sp³-hybridized carbons (Fsp3) is 0.346. The number of aryl methyl sites for hydroxylation is 1. The van der Waals surface area contributed by atoms with Gasteiger partial charge in [0, 0.05) is 61.1 Å². The maximum absolute atomic E-state index is 11.8. The van der Waals surface area contributed by atoms with Gasteiger partial charge in [-0.25, -0.2) is 9.97 Å². The molecule has 0 spiro atoms. The summed E-state index contributed by atoms with van der Waals surface area (Å²) < 4.78 is 0. The van der Waals surface area contributed by atoms with Crippen LogP contribution in [0, 0.1) is 6.92 Å². The molecule has 1 aliphatic carbocycles. The lowest BCUT2D eigenvalue weighted by Crippen LogP contribution is -2.46. The highest BCUT2D eigenvalue weighted by molar-refractivity contribution is 7.15. The van der Waals surface area contributed by atoms with E-state index in [0.717, 1.165) is 71.5 Å². The van der Waals surface area contributed by atoms with Gasteiger partial charge in [0.1, 0.15) is 5.82 Å². The van der Waals surface area contributed by atoms with Crippen molar-refractivity contribution in [1.82, 2.24) is 19.8 Å². The van der Waals surface area contributed by atoms with Crippen LogP contribution in [0.4, 0.5) is 16.6 Å². The molecule has 0 atom stereocenters. The van der Waals surface area contributed by atoms with Gasteiger partial charge in [0.25, 0.3) is 0 Å². The molecular weight excluding hydrogens is 444 g/mol. The van der Waals surface area contributed by atoms with E-state index in [1.807, 2.05) is 37.4 Å². The Labute approximate surface area is 204 Å². The Morgan fingerprint density at radius 2 is 2.03 bits per heavy atom. The molecule has 0 bridgehead atoms. The van der Waals surface area contributed by atoms with E-state index in [0.29, 0.717) is 0 Å². The van der Waals surface area contributed by atoms with Crippen LogP contribution in [0.25, 0.3) is 11.3 Å². The number of nitrogens with zero attached hydrogens (tertiary/aromatic N) is 4. The van der Waals surface area contributed by atoms with E-state index in [4.69, 9.17) is 4.98 Å². The van der Waals surface area contributed by atoms with E-state index in [1.54, 1.807) is 11.3 Å². The zero-order valence-electron chi connectivity index (χ0n) is 19.5. The number of aromatic nitrogens is 2. The summed E-state index contributed by atoms with van der Waals surface area (Å²) >= 11 is 1.61. The number of pyridine rings is 1. The normalized spacial score (nSPS) is 16.9. The van der Waals surface area contributed by atoms with Crippen LogP contribution in [0.3, 0.4) is 0 Å². The summed E-state index contributed by atoms with van der Waals surface area (Å²) in [6.45, 7) is 10.9. The number of benzene rings is 1. The summed E-state index contributed by atoms with van der Waals surface area (Å²) in [4.78, 5) is 27.4. The van der Waals surface area contributed by atoms with E-state index in [2.05, 4.69) is 44.1 Å². The molecule has 0 unspecified atom stereocenters. The number of hydrogen-bond donors (Lipinski definition) is 2. The number of carbonyl (C=O) groups is 1. The Balaban J connectivity index is 1.39. The molecule has 0 radical (unpaired) electrons. The van der Waals surface area contributed by atoms with Crippen molar-refractivity contribution < 1.29 is 4.79 Å². The summed E-state index contributed by atoms with van der Waals surface area (Å²) in [6.07, 6.45) is 5.87. The number of rotatable bonds is 8. The van der Waals surface area contributed by atoms with Crippen LogP contribution in [0.5, 0.6) is 0 Å². The second kappa shape index (κ2) is 10.0. The monoisotopic (exact) mass is 474 g/mol. The summed E-state index contributed by atoms with van der Waals surface area (Å²) in [5.41, 5.74) is 3.73. The Kier molecular flexibility index (Phi) is 6.71. The fourth-order valence-electron chi connectivity index (χ4n) is 4.35. The van der Waals surface area contributed by atoms with Crippen molar-refractivity contribution in [1.29, 1.82) is 0 Å². The lowest BCUT2D eigenvalue weighted by Gasteiger charge is -2.34. The maximum atomic E-state index is 11.8. The molecule has 1 amide bonds. The van der Waals surface area contributed by atoms with Gasteiger partial charge in [-0.05, 0) is 55.7 Å². The van der Waals surface area contributed by atoms with Crippen LogP contribution >= 0.6 is 11.3 Å². The van der Waals surface area contributed by atoms with E-state index >= 15 is 0 Å². The first-order valence-corrected chi connectivity index (χ1v) is 12.6. The molecule has 3 aromatic rings. The Morgan fingerprint density at radius 1 is 1.21 bits per heavy atom. The molecular formula is C26H30N6OS. The first kappa shape index (κ1) is 22.7. The fourth-order valence-corrected chi connectivity index (χ4v) is 5.02. The molecule has 1 aliphatic heterocycles. The van der Waals surface area contributed by atoms with Gasteiger partial charge in [-0.2, -0.15) is 0 Å². The van der Waals surface area contributed by atoms with Crippen LogP contribution in [0.1, 0.15) is 23.3 Å². The van der Waals surface area contributed by atoms with Gasteiger partial charge in [-0.3, -0.25) is 14.6 Å². The summed E-state index contributed by atoms with van der Waals surface area (Å²) in [5.74, 6) is 0.546. The van der Waals surface area contributed by atoms with Crippen LogP contribution in [0.2, 0.25) is 0 Å². The molecule has 176 valence electrons. The maximum Gasteiger partial charge on any atom is 0.247 e. The standard InChI is InChI=1S/C26H30N6OS/c1-3-25(33)28-21-6-4-5-20(15-21)23-13-19(14-24(29-23)30-26-27-16-18(2)34-26)17-31-9-11-32(12-10-31)22-7-8-22/h3-6,13-16,22H,1,7-12,17H2,2H3,(H,28,33)(H,27,29,30). The van der Waals surface area contributed by atoms with Gasteiger partial charge in [0.15, 0.2) is 5.13 Å². The third-order valence-electron chi connectivity index (χ3n) is 6.23. The van der Waals surface area contributed by atoms with Crippen LogP contribution < -0.4 is 10.6 Å². The number of anilines is 3. The predicted octanol–water partition coefficient (Wildman–Crippen LogP) is 4.66. The number of nitrogens with one attached hydrogen (secondary N) is 2. The minimum Gasteiger partial charge on any atom is -0.323 e. The second-order valence-corrected chi connectivity index (χ2v) is 10.2. The Bertz CT molecular complexity index is 1180. The Morgan fingerprint density at radius 3 is 2.74 bits per heavy atom. The molecule has 3 heterocycles. The third-order valence-corrected chi connectivity index (χ3v) is 7.06. The molecule has 1 saturated heterocycles. The molecule has 7 nitrogen and oxygen atoms in total. The summed E-state index contributed by atoms with van der Waals surface area (Å²) in [5, 5.41) is 7.05. The lowest BCUT2D eigenvalue weighted by molar-refractivity contribution is -0.111. The lowest BCUT2D eigenvalue weighted by atomic mass is 10.1. The van der Waals surface area contributed by atoms with Gasteiger partial charge < -0.3 is 10.6 Å². The minimum absolute atomic E-state index is 0.231. The molecule has 1 saturated carbocycles. The number of carbonyl (C=O) groups excluding carboxylic acids is 1. The number of thiazole rings is 1. The topological polar surface area (TPSA) is 73.4 Å². The molecule has 1 aromatic carbocycles. The first-order valence-electron chi connectivity index (χ1n) is 11.8. The van der Waals surface area contributed by atoms with Crippen molar-refractivity contribution in [2.45, 2.75) is 32.4 Å². The molecule has 8 heteroatoms. The average Bonchev–Trinajstić information content (AvgIpc) is 3.61. The van der Waals surface area contributed by atoms with E-state index < -0.39 is 0 Å². The van der Waals surface area contributed by atoms with Gasteiger partial charge in [-0.15, -0.1) is 11.3 Å². The highest BCUT2D eigenvalue weighted by Gasteiger charge is 2.31. The van der Waals surface area contributed by atoms with Crippen LogP contribution in [-0.2, 0) is 11.3 Å². The summed E-state index contributed by atoms with van der Waals surface area (Å²) in [6, 6.07) is 12.9. The molecule has 2 aromatic heterocycles. The summed E-state index contributed by atoms with van der Waals surface area (Å²) in [7, 11) is 0. The molecule has 5 rings (SSSR count). The second-order valence-electron chi connectivity index (χ2n) is 8.96. The number of amides is 1. The van der Waals surface area contributed by atoms with Crippen LogP contribution in [-0.4, -0.2) is 57.9 Å². The zero-order chi connectivity index (χ0) is 23.5. The van der Waals surface area contributed by atoms with Crippen LogP contribution in [0.15, 0.2) is 55.3 Å². The molecule has 2 fully saturated rings. The minimum atomic E-state index is -0.231. The van der Waals surface area contributed by atoms with E-state index in [1.165, 1.54) is 24.5 Å². The molecule has 2 N–H and O–H groups in total. The quantitative estimate of drug-likeness (QED) is 0.463. The Hall–Kier alpha value is -3.07. The van der Waals surface area contributed by atoms with Crippen molar-refractivity contribution in [3.63, 3.8) is 0 Å². The van der Waals surface area contributed by atoms with Crippen molar-refractivity contribution in [3.8, 4) is 11.3 Å². The van der Waals surface area contributed by atoms with Gasteiger partial charge >= 0.3 is 0 Å². The van der Waals surface area contributed by atoms with Gasteiger partial charge in [0.05, 0.1) is 5.69 Å². The van der Waals surface area contributed by atoms with E-state index in [-0.39, 0.29) is 5.91 Å². The van der Waals surface area contributed by atoms with Gasteiger partial charge in [-0.1, -0.05) is 18.7 Å². The number of piperazine rings is 1. The van der Waals surface area contributed by atoms with Gasteiger partial charge in [0.2, 0.25) is 5.91 Å². The average molecular weight is 475 g/mol. The third kappa shape index (κ3) is 5.70. The molecule has 34 heavy (non-hydrogen) atoms. The SMILES string of the molecule is C=CC(=O)Nc1cccc(-c2cc(CN3CCN(C4CC4)CC3)cc(Nc3ncc(C)s3)n2)c1. The predicted molar refractivity (Wildman–Crippen MR) is 139 cm³/mol. The highest BCUT2D eigenvalue weighted by Crippen LogP contribution is 2.29. The largest absolute Gasteiger partial charge is 0.323 e. The van der Waals surface area contributed by atoms with Crippen molar-refractivity contribution in [2.24, 2.45) is 0 Å². The molecule has 2 aliphatic rings. The van der Waals surface area contributed by atoms with Crippen molar-refractivity contribution in [2.75, 3.05) is 36.8 Å².